The summed E-state index contributed by atoms with van der Waals surface area (Å²) in [4.78, 5) is 41.6. The molecule has 1 aliphatic heterocycles. The second-order valence-electron chi connectivity index (χ2n) is 11.0. The Morgan fingerprint density at radius 2 is 1.74 bits per heavy atom. The quantitative estimate of drug-likeness (QED) is 0.197. The molecule has 0 saturated heterocycles. The molecule has 2 atom stereocenters. The summed E-state index contributed by atoms with van der Waals surface area (Å²) in [5.41, 5.74) is 3.52. The van der Waals surface area contributed by atoms with Gasteiger partial charge in [-0.3, -0.25) is 9.59 Å². The standard InChI is InChI=1S/C32H39N5O5S/c1-32(2,34-17-23(39)19-38)16-29(40)35-26-20-43-28-11-7-6-10-27(28)37(30(26)41)18-21-12-14-22(15-13-21)24-8-4-5-9-25(24)36-31(42)33-3/h4-15,23,26,34,38-39H,16-20H2,1-3H3,(H,35,40)(H2,33,36,42)/t23-,26-/m1/s1. The molecule has 43 heavy (non-hydrogen) atoms. The van der Waals surface area contributed by atoms with Crippen molar-refractivity contribution in [2.75, 3.05) is 36.2 Å². The number of hydrogen-bond acceptors (Lipinski definition) is 7. The molecule has 1 heterocycles. The Labute approximate surface area is 256 Å². The number of aliphatic hydroxyl groups excluding tert-OH is 2. The molecule has 4 amide bonds. The topological polar surface area (TPSA) is 143 Å². The van der Waals surface area contributed by atoms with Crippen molar-refractivity contribution < 1.29 is 24.6 Å². The van der Waals surface area contributed by atoms with Crippen molar-refractivity contribution in [3.05, 3.63) is 78.4 Å². The lowest BCUT2D eigenvalue weighted by Gasteiger charge is -2.29. The second-order valence-corrected chi connectivity index (χ2v) is 12.1. The van der Waals surface area contributed by atoms with Crippen LogP contribution in [-0.2, 0) is 16.1 Å². The van der Waals surface area contributed by atoms with Crippen LogP contribution in [-0.4, -0.2) is 71.7 Å². The van der Waals surface area contributed by atoms with Gasteiger partial charge in [0.1, 0.15) is 6.04 Å². The molecule has 4 rings (SSSR count). The van der Waals surface area contributed by atoms with Crippen LogP contribution in [0.4, 0.5) is 16.2 Å². The Morgan fingerprint density at radius 1 is 1.05 bits per heavy atom. The predicted molar refractivity (Wildman–Crippen MR) is 170 cm³/mol. The third-order valence-electron chi connectivity index (χ3n) is 7.10. The van der Waals surface area contributed by atoms with Crippen molar-refractivity contribution >= 4 is 41.0 Å². The van der Waals surface area contributed by atoms with Crippen LogP contribution in [0.25, 0.3) is 11.1 Å². The molecule has 0 fully saturated rings. The summed E-state index contributed by atoms with van der Waals surface area (Å²) in [5.74, 6) is -0.0887. The molecule has 0 spiro atoms. The van der Waals surface area contributed by atoms with Gasteiger partial charge in [0.2, 0.25) is 5.91 Å². The molecule has 0 aliphatic carbocycles. The van der Waals surface area contributed by atoms with Gasteiger partial charge in [0, 0.05) is 41.8 Å². The fraction of sp³-hybridized carbons (Fsp3) is 0.344. The smallest absolute Gasteiger partial charge is 0.318 e. The lowest BCUT2D eigenvalue weighted by atomic mass is 9.99. The third kappa shape index (κ3) is 8.57. The van der Waals surface area contributed by atoms with E-state index < -0.39 is 17.7 Å². The lowest BCUT2D eigenvalue weighted by Crippen LogP contribution is -2.52. The van der Waals surface area contributed by atoms with Gasteiger partial charge in [-0.25, -0.2) is 4.79 Å². The summed E-state index contributed by atoms with van der Waals surface area (Å²) in [6.45, 7) is 3.75. The van der Waals surface area contributed by atoms with E-state index in [0.717, 1.165) is 27.3 Å². The number of thioether (sulfide) groups is 1. The van der Waals surface area contributed by atoms with E-state index in [4.69, 9.17) is 5.11 Å². The molecule has 6 N–H and O–H groups in total. The van der Waals surface area contributed by atoms with Gasteiger partial charge >= 0.3 is 6.03 Å². The molecule has 3 aromatic carbocycles. The van der Waals surface area contributed by atoms with Crippen LogP contribution in [0.1, 0.15) is 25.8 Å². The SMILES string of the molecule is CNC(=O)Nc1ccccc1-c1ccc(CN2C(=O)[C@H](NC(=O)CC(C)(C)NC[C@@H](O)CO)CSc3ccccc32)cc1. The number of amides is 4. The molecule has 10 nitrogen and oxygen atoms in total. The normalized spacial score (nSPS) is 15.7. The number of carbonyl (C=O) groups is 3. The number of para-hydroxylation sites is 2. The largest absolute Gasteiger partial charge is 0.394 e. The zero-order valence-corrected chi connectivity index (χ0v) is 25.4. The highest BCUT2D eigenvalue weighted by molar-refractivity contribution is 7.99. The number of nitrogens with zero attached hydrogens (tertiary/aromatic N) is 1. The van der Waals surface area contributed by atoms with Gasteiger partial charge < -0.3 is 36.4 Å². The van der Waals surface area contributed by atoms with Crippen molar-refractivity contribution in [1.29, 1.82) is 0 Å². The van der Waals surface area contributed by atoms with E-state index in [0.29, 0.717) is 18.0 Å². The first-order valence-corrected chi connectivity index (χ1v) is 15.1. The van der Waals surface area contributed by atoms with E-state index in [1.807, 2.05) is 86.6 Å². The Balaban J connectivity index is 1.51. The molecule has 0 radical (unpaired) electrons. The van der Waals surface area contributed by atoms with Gasteiger partial charge in [-0.15, -0.1) is 11.8 Å². The maximum absolute atomic E-state index is 13.9. The Kier molecular flexibility index (Phi) is 10.8. The van der Waals surface area contributed by atoms with Crippen LogP contribution in [0.5, 0.6) is 0 Å². The summed E-state index contributed by atoms with van der Waals surface area (Å²) in [6.07, 6.45) is -0.832. The Bertz CT molecular complexity index is 1430. The number of anilines is 2. The van der Waals surface area contributed by atoms with E-state index in [2.05, 4.69) is 21.3 Å². The number of urea groups is 1. The number of hydrogen-bond donors (Lipinski definition) is 6. The monoisotopic (exact) mass is 605 g/mol. The average Bonchev–Trinajstić information content (AvgIpc) is 3.12. The molecule has 1 aliphatic rings. The number of β-amino-alcohol motifs (C(OH)–C–C–N with tert-alkyl or cyclic N) is 1. The number of carbonyl (C=O) groups excluding carboxylic acids is 3. The third-order valence-corrected chi connectivity index (χ3v) is 8.25. The molecule has 3 aromatic rings. The van der Waals surface area contributed by atoms with Crippen LogP contribution in [0.2, 0.25) is 0 Å². The van der Waals surface area contributed by atoms with Gasteiger partial charge in [0.15, 0.2) is 0 Å². The van der Waals surface area contributed by atoms with Crippen LogP contribution < -0.4 is 26.2 Å². The minimum atomic E-state index is -0.919. The molecule has 228 valence electrons. The number of fused-ring (bicyclic) bond motifs is 1. The van der Waals surface area contributed by atoms with Crippen LogP contribution in [0.15, 0.2) is 77.7 Å². The Morgan fingerprint density at radius 3 is 2.47 bits per heavy atom. The summed E-state index contributed by atoms with van der Waals surface area (Å²) in [5, 5.41) is 30.2. The lowest BCUT2D eigenvalue weighted by molar-refractivity contribution is -0.128. The van der Waals surface area contributed by atoms with Crippen molar-refractivity contribution in [2.45, 2.75) is 49.4 Å². The van der Waals surface area contributed by atoms with Crippen molar-refractivity contribution in [1.82, 2.24) is 16.0 Å². The van der Waals surface area contributed by atoms with Gasteiger partial charge in [-0.05, 0) is 43.2 Å². The summed E-state index contributed by atoms with van der Waals surface area (Å²) in [7, 11) is 1.56. The molecular weight excluding hydrogens is 566 g/mol. The fourth-order valence-electron chi connectivity index (χ4n) is 4.79. The highest BCUT2D eigenvalue weighted by Gasteiger charge is 2.33. The maximum atomic E-state index is 13.9. The molecule has 0 aromatic heterocycles. The van der Waals surface area contributed by atoms with Crippen LogP contribution in [0, 0.1) is 0 Å². The highest BCUT2D eigenvalue weighted by Crippen LogP contribution is 2.35. The summed E-state index contributed by atoms with van der Waals surface area (Å²) < 4.78 is 0. The van der Waals surface area contributed by atoms with Gasteiger partial charge in [-0.1, -0.05) is 54.6 Å². The van der Waals surface area contributed by atoms with Crippen LogP contribution >= 0.6 is 11.8 Å². The zero-order valence-electron chi connectivity index (χ0n) is 24.6. The zero-order chi connectivity index (χ0) is 31.0. The van der Waals surface area contributed by atoms with E-state index >= 15 is 0 Å². The first-order valence-electron chi connectivity index (χ1n) is 14.1. The fourth-order valence-corrected chi connectivity index (χ4v) is 5.86. The maximum Gasteiger partial charge on any atom is 0.318 e. The highest BCUT2D eigenvalue weighted by atomic mass is 32.2. The van der Waals surface area contributed by atoms with Gasteiger partial charge in [0.05, 0.1) is 30.6 Å². The molecular formula is C32H39N5O5S. The first-order chi connectivity index (χ1) is 20.6. The number of benzene rings is 3. The summed E-state index contributed by atoms with van der Waals surface area (Å²) in [6, 6.07) is 22.1. The van der Waals surface area contributed by atoms with Gasteiger partial charge in [-0.2, -0.15) is 0 Å². The van der Waals surface area contributed by atoms with Crippen molar-refractivity contribution in [2.24, 2.45) is 0 Å². The Hall–Kier alpha value is -3.90. The minimum absolute atomic E-state index is 0.0876. The molecule has 0 unspecified atom stereocenters. The minimum Gasteiger partial charge on any atom is -0.394 e. The van der Waals surface area contributed by atoms with E-state index in [1.165, 1.54) is 11.8 Å². The van der Waals surface area contributed by atoms with Crippen molar-refractivity contribution in [3.63, 3.8) is 0 Å². The predicted octanol–water partition coefficient (Wildman–Crippen LogP) is 3.34. The molecule has 0 bridgehead atoms. The second kappa shape index (κ2) is 14.5. The number of rotatable bonds is 11. The first kappa shape index (κ1) is 32.0. The molecule has 11 heteroatoms. The van der Waals surface area contributed by atoms with Crippen molar-refractivity contribution in [3.8, 4) is 11.1 Å². The van der Waals surface area contributed by atoms with E-state index in [-0.39, 0.29) is 37.4 Å². The number of nitrogens with one attached hydrogen (secondary N) is 4. The molecule has 0 saturated carbocycles. The van der Waals surface area contributed by atoms with E-state index in [1.54, 1.807) is 11.9 Å². The van der Waals surface area contributed by atoms with Gasteiger partial charge in [0.25, 0.3) is 5.91 Å². The summed E-state index contributed by atoms with van der Waals surface area (Å²) >= 11 is 1.53. The number of aliphatic hydroxyl groups is 2. The van der Waals surface area contributed by atoms with E-state index in [9.17, 15) is 19.5 Å². The average molecular weight is 606 g/mol. The van der Waals surface area contributed by atoms with Crippen LogP contribution in [0.3, 0.4) is 0 Å².